The minimum atomic E-state index is -3.79. The summed E-state index contributed by atoms with van der Waals surface area (Å²) < 4.78 is 44.0. The Kier molecular flexibility index (Phi) is 13.0. The predicted molar refractivity (Wildman–Crippen MR) is 167 cm³/mol. The van der Waals surface area contributed by atoms with Gasteiger partial charge in [0.05, 0.1) is 17.0 Å². The van der Waals surface area contributed by atoms with Crippen molar-refractivity contribution in [2.24, 2.45) is 0 Å². The number of carbonyl (C=O) groups excluding carboxylic acids is 2. The van der Waals surface area contributed by atoms with E-state index in [1.165, 1.54) is 26.0 Å². The normalized spacial score (nSPS) is 13.7. The lowest BCUT2D eigenvalue weighted by Gasteiger charge is -2.32. The minimum absolute atomic E-state index is 0.176. The quantitative estimate of drug-likeness (QED) is 0.135. The molecule has 1 N–H and O–H groups in total. The van der Waals surface area contributed by atoms with Gasteiger partial charge in [0.25, 0.3) is 0 Å². The van der Waals surface area contributed by atoms with Crippen LogP contribution in [-0.2, 0) is 34.0 Å². The van der Waals surface area contributed by atoms with Crippen LogP contribution in [-0.4, -0.2) is 49.8 Å². The Bertz CT molecular complexity index is 1320. The van der Waals surface area contributed by atoms with Crippen LogP contribution in [0.15, 0.2) is 46.2 Å². The summed E-state index contributed by atoms with van der Waals surface area (Å²) >= 11 is 8.09. The van der Waals surface area contributed by atoms with Gasteiger partial charge in [0.1, 0.15) is 17.0 Å². The molecule has 0 saturated carbocycles. The van der Waals surface area contributed by atoms with Crippen molar-refractivity contribution in [1.29, 1.82) is 0 Å². The van der Waals surface area contributed by atoms with Gasteiger partial charge in [-0.05, 0) is 104 Å². The Labute approximate surface area is 264 Å². The number of aryl methyl sites for hydroxylation is 2. The first kappa shape index (κ1) is 36.9. The molecule has 0 unspecified atom stereocenters. The molecule has 10 nitrogen and oxygen atoms in total. The number of halogens is 1. The SMILES string of the molecule is COP(=O)(OC)OC[C@](C)(CCc1ccc(Sc2cc(C)ccc2OC(=O)OC(C)(C)C)cc1Cl)NC(=O)OC(C)(C)C. The van der Waals surface area contributed by atoms with Gasteiger partial charge in [0.15, 0.2) is 0 Å². The molecule has 0 bridgehead atoms. The molecule has 1 atom stereocenters. The Morgan fingerprint density at radius 1 is 0.930 bits per heavy atom. The molecule has 2 rings (SSSR count). The lowest BCUT2D eigenvalue weighted by molar-refractivity contribution is 0.0200. The van der Waals surface area contributed by atoms with E-state index in [9.17, 15) is 14.2 Å². The largest absolute Gasteiger partial charge is 0.514 e. The fourth-order valence-electron chi connectivity index (χ4n) is 3.59. The first-order valence-electron chi connectivity index (χ1n) is 13.6. The zero-order valence-electron chi connectivity index (χ0n) is 26.5. The first-order valence-corrected chi connectivity index (χ1v) is 16.3. The summed E-state index contributed by atoms with van der Waals surface area (Å²) in [5, 5.41) is 3.33. The summed E-state index contributed by atoms with van der Waals surface area (Å²) in [6, 6.07) is 11.1. The molecule has 0 saturated heterocycles. The number of hydrogen-bond acceptors (Lipinski definition) is 10. The predicted octanol–water partition coefficient (Wildman–Crippen LogP) is 8.75. The van der Waals surface area contributed by atoms with Gasteiger partial charge in [0.2, 0.25) is 0 Å². The van der Waals surface area contributed by atoms with E-state index in [1.54, 1.807) is 54.5 Å². The number of hydrogen-bond donors (Lipinski definition) is 1. The van der Waals surface area contributed by atoms with E-state index in [0.717, 1.165) is 20.9 Å². The van der Waals surface area contributed by atoms with Gasteiger partial charge in [-0.15, -0.1) is 0 Å². The number of phosphoric ester groups is 1. The fraction of sp³-hybridized carbons (Fsp3) is 0.533. The van der Waals surface area contributed by atoms with Crippen molar-refractivity contribution in [3.63, 3.8) is 0 Å². The van der Waals surface area contributed by atoms with E-state index in [0.29, 0.717) is 23.6 Å². The number of ether oxygens (including phenoxy) is 3. The van der Waals surface area contributed by atoms with Crippen molar-refractivity contribution in [2.45, 2.75) is 94.8 Å². The van der Waals surface area contributed by atoms with Gasteiger partial charge in [-0.3, -0.25) is 13.6 Å². The molecule has 1 amide bonds. The van der Waals surface area contributed by atoms with Crippen molar-refractivity contribution < 1.29 is 41.9 Å². The standard InChI is InChI=1S/C30H43ClNO9PS/c1-20-11-14-24(39-27(34)41-29(5,6)7)25(17-20)43-22-13-12-21(23(31)18-22)15-16-30(8,19-38-42(35,36-9)37-10)32-26(33)40-28(2,3)4/h11-14,17-18H,15-16,19H2,1-10H3,(H,32,33)/t30-/m0/s1. The fourth-order valence-corrected chi connectivity index (χ4v) is 5.76. The van der Waals surface area contributed by atoms with Crippen LogP contribution in [0.1, 0.15) is 66.0 Å². The lowest BCUT2D eigenvalue weighted by Crippen LogP contribution is -2.51. The van der Waals surface area contributed by atoms with Gasteiger partial charge in [-0.25, -0.2) is 14.2 Å². The minimum Gasteiger partial charge on any atom is -0.444 e. The number of alkyl carbamates (subject to hydrolysis) is 1. The maximum Gasteiger partial charge on any atom is 0.514 e. The second-order valence-electron chi connectivity index (χ2n) is 12.1. The summed E-state index contributed by atoms with van der Waals surface area (Å²) in [7, 11) is -1.37. The third kappa shape index (κ3) is 13.1. The van der Waals surface area contributed by atoms with Crippen LogP contribution >= 0.6 is 31.2 Å². The van der Waals surface area contributed by atoms with E-state index in [-0.39, 0.29) is 6.61 Å². The highest BCUT2D eigenvalue weighted by molar-refractivity contribution is 7.99. The van der Waals surface area contributed by atoms with Crippen LogP contribution in [0.4, 0.5) is 9.59 Å². The van der Waals surface area contributed by atoms with Gasteiger partial charge in [-0.2, -0.15) is 0 Å². The number of carbonyl (C=O) groups is 2. The third-order valence-corrected chi connectivity index (χ3v) is 8.39. The van der Waals surface area contributed by atoms with Gasteiger partial charge < -0.3 is 19.5 Å². The van der Waals surface area contributed by atoms with Crippen molar-refractivity contribution >= 4 is 43.4 Å². The molecule has 0 radical (unpaired) electrons. The van der Waals surface area contributed by atoms with Crippen molar-refractivity contribution in [3.05, 3.63) is 52.5 Å². The average molecular weight is 660 g/mol. The van der Waals surface area contributed by atoms with Crippen LogP contribution in [0, 0.1) is 6.92 Å². The molecule has 0 aliphatic heterocycles. The molecule has 2 aromatic rings. The molecule has 0 aliphatic carbocycles. The number of nitrogens with one attached hydrogen (secondary N) is 1. The zero-order chi connectivity index (χ0) is 32.6. The van der Waals surface area contributed by atoms with Crippen LogP contribution in [0.25, 0.3) is 0 Å². The molecule has 240 valence electrons. The summed E-state index contributed by atoms with van der Waals surface area (Å²) in [5.74, 6) is 0.374. The van der Waals surface area contributed by atoms with Crippen LogP contribution in [0.2, 0.25) is 5.02 Å². The molecular weight excluding hydrogens is 617 g/mol. The van der Waals surface area contributed by atoms with E-state index >= 15 is 0 Å². The highest BCUT2D eigenvalue weighted by atomic mass is 35.5. The first-order chi connectivity index (χ1) is 19.8. The summed E-state index contributed by atoms with van der Waals surface area (Å²) in [6.45, 7) is 14.1. The van der Waals surface area contributed by atoms with E-state index in [4.69, 9.17) is 39.4 Å². The second kappa shape index (κ2) is 15.1. The second-order valence-corrected chi connectivity index (χ2v) is 15.6. The smallest absolute Gasteiger partial charge is 0.444 e. The van der Waals surface area contributed by atoms with Crippen molar-refractivity contribution in [1.82, 2.24) is 5.32 Å². The van der Waals surface area contributed by atoms with E-state index < -0.39 is 36.8 Å². The Morgan fingerprint density at radius 3 is 2.12 bits per heavy atom. The third-order valence-electron chi connectivity index (χ3n) is 5.67. The highest BCUT2D eigenvalue weighted by Crippen LogP contribution is 2.48. The van der Waals surface area contributed by atoms with E-state index in [1.807, 2.05) is 37.3 Å². The maximum atomic E-state index is 12.6. The van der Waals surface area contributed by atoms with Crippen LogP contribution < -0.4 is 10.1 Å². The average Bonchev–Trinajstić information content (AvgIpc) is 2.86. The Balaban J connectivity index is 2.22. The number of benzene rings is 2. The van der Waals surface area contributed by atoms with Crippen LogP contribution in [0.5, 0.6) is 5.75 Å². The van der Waals surface area contributed by atoms with Crippen molar-refractivity contribution in [3.8, 4) is 5.75 Å². The highest BCUT2D eigenvalue weighted by Gasteiger charge is 2.34. The zero-order valence-corrected chi connectivity index (χ0v) is 29.0. The molecule has 0 heterocycles. The Morgan fingerprint density at radius 2 is 1.56 bits per heavy atom. The lowest BCUT2D eigenvalue weighted by atomic mass is 9.94. The summed E-state index contributed by atoms with van der Waals surface area (Å²) in [6.07, 6.45) is -0.631. The number of amides is 1. The molecular formula is C30H43ClNO9PS. The molecule has 0 spiro atoms. The molecule has 43 heavy (non-hydrogen) atoms. The van der Waals surface area contributed by atoms with Gasteiger partial charge in [0, 0.05) is 24.1 Å². The number of phosphoric acid groups is 1. The molecule has 13 heteroatoms. The maximum absolute atomic E-state index is 12.6. The van der Waals surface area contributed by atoms with Gasteiger partial charge in [-0.1, -0.05) is 35.5 Å². The summed E-state index contributed by atoms with van der Waals surface area (Å²) in [4.78, 5) is 26.5. The molecule has 0 aliphatic rings. The topological polar surface area (TPSA) is 119 Å². The van der Waals surface area contributed by atoms with Gasteiger partial charge >= 0.3 is 20.1 Å². The summed E-state index contributed by atoms with van der Waals surface area (Å²) in [5.41, 5.74) is -0.601. The Hall–Kier alpha value is -2.27. The molecule has 0 aromatic heterocycles. The monoisotopic (exact) mass is 659 g/mol. The number of rotatable bonds is 12. The van der Waals surface area contributed by atoms with Crippen molar-refractivity contribution in [2.75, 3.05) is 20.8 Å². The molecule has 0 fully saturated rings. The van der Waals surface area contributed by atoms with Crippen LogP contribution in [0.3, 0.4) is 0 Å². The molecule has 2 aromatic carbocycles. The van der Waals surface area contributed by atoms with E-state index in [2.05, 4.69) is 5.32 Å².